The van der Waals surface area contributed by atoms with E-state index in [0.717, 1.165) is 34.4 Å². The number of anilines is 3. The van der Waals surface area contributed by atoms with E-state index in [9.17, 15) is 10.1 Å². The lowest BCUT2D eigenvalue weighted by Crippen LogP contribution is -2.48. The lowest BCUT2D eigenvalue weighted by atomic mass is 10.0. The van der Waals surface area contributed by atoms with Gasteiger partial charge in [0.15, 0.2) is 0 Å². The topological polar surface area (TPSA) is 107 Å². The van der Waals surface area contributed by atoms with E-state index in [1.807, 2.05) is 11.0 Å². The van der Waals surface area contributed by atoms with Crippen molar-refractivity contribution < 1.29 is 4.79 Å². The summed E-state index contributed by atoms with van der Waals surface area (Å²) in [4.78, 5) is 27.9. The summed E-state index contributed by atoms with van der Waals surface area (Å²) < 4.78 is 0. The van der Waals surface area contributed by atoms with Crippen molar-refractivity contribution in [2.45, 2.75) is 18.8 Å². The number of aromatic nitrogens is 3. The van der Waals surface area contributed by atoms with Crippen LogP contribution in [0.2, 0.25) is 0 Å². The molecule has 180 valence electrons. The minimum atomic E-state index is 0. The Labute approximate surface area is 214 Å². The summed E-state index contributed by atoms with van der Waals surface area (Å²) in [6.45, 7) is 1.63. The SMILES string of the molecule is Cl.N#Cc1ccnc(Nc2cc(C3CC3)cc(-c3ccc4ccnc(N5CCNC(=O)C5)c4c3)n2)c1. The molecule has 8 nitrogen and oxygen atoms in total. The number of nitriles is 1. The molecule has 0 bridgehead atoms. The zero-order valence-electron chi connectivity index (χ0n) is 19.4. The van der Waals surface area contributed by atoms with Crippen LogP contribution in [0.1, 0.15) is 29.9 Å². The third kappa shape index (κ3) is 4.79. The second kappa shape index (κ2) is 9.80. The number of carbonyl (C=O) groups excluding carboxylic acids is 1. The second-order valence-corrected chi connectivity index (χ2v) is 8.95. The van der Waals surface area contributed by atoms with Gasteiger partial charge in [-0.15, -0.1) is 12.4 Å². The molecule has 6 rings (SSSR count). The zero-order chi connectivity index (χ0) is 23.8. The molecule has 4 heterocycles. The summed E-state index contributed by atoms with van der Waals surface area (Å²) in [6, 6.07) is 18.0. The van der Waals surface area contributed by atoms with Crippen LogP contribution < -0.4 is 15.5 Å². The first-order valence-corrected chi connectivity index (χ1v) is 11.7. The van der Waals surface area contributed by atoms with Crippen molar-refractivity contribution in [3.8, 4) is 17.3 Å². The van der Waals surface area contributed by atoms with Crippen LogP contribution in [0.3, 0.4) is 0 Å². The maximum Gasteiger partial charge on any atom is 0.239 e. The lowest BCUT2D eigenvalue weighted by molar-refractivity contribution is -0.120. The molecule has 0 unspecified atom stereocenters. The van der Waals surface area contributed by atoms with Gasteiger partial charge >= 0.3 is 0 Å². The molecule has 3 aromatic heterocycles. The van der Waals surface area contributed by atoms with Crippen molar-refractivity contribution in [2.24, 2.45) is 0 Å². The molecule has 1 amide bonds. The van der Waals surface area contributed by atoms with E-state index in [1.165, 1.54) is 18.4 Å². The number of halogens is 1. The number of carbonyl (C=O) groups is 1. The number of rotatable bonds is 5. The molecule has 1 aromatic carbocycles. The van der Waals surface area contributed by atoms with Crippen molar-refractivity contribution in [1.82, 2.24) is 20.3 Å². The average molecular weight is 498 g/mol. The second-order valence-electron chi connectivity index (χ2n) is 8.95. The van der Waals surface area contributed by atoms with Crippen molar-refractivity contribution in [3.63, 3.8) is 0 Å². The summed E-state index contributed by atoms with van der Waals surface area (Å²) in [7, 11) is 0. The molecule has 1 aliphatic heterocycles. The Morgan fingerprint density at radius 3 is 2.69 bits per heavy atom. The Balaban J connectivity index is 0.00000267. The Morgan fingerprint density at radius 2 is 1.89 bits per heavy atom. The molecule has 1 saturated heterocycles. The van der Waals surface area contributed by atoms with E-state index in [-0.39, 0.29) is 18.3 Å². The van der Waals surface area contributed by atoms with E-state index < -0.39 is 0 Å². The third-order valence-electron chi connectivity index (χ3n) is 6.42. The largest absolute Gasteiger partial charge is 0.353 e. The normalized spacial score (nSPS) is 15.1. The molecule has 1 saturated carbocycles. The molecule has 0 atom stereocenters. The number of benzene rings is 1. The van der Waals surface area contributed by atoms with Crippen LogP contribution in [0.5, 0.6) is 0 Å². The van der Waals surface area contributed by atoms with Crippen LogP contribution in [0.25, 0.3) is 22.0 Å². The monoisotopic (exact) mass is 497 g/mol. The van der Waals surface area contributed by atoms with Gasteiger partial charge < -0.3 is 15.5 Å². The van der Waals surface area contributed by atoms with E-state index in [4.69, 9.17) is 4.98 Å². The first kappa shape index (κ1) is 23.5. The van der Waals surface area contributed by atoms with Crippen LogP contribution in [0, 0.1) is 11.3 Å². The fourth-order valence-electron chi connectivity index (χ4n) is 4.50. The van der Waals surface area contributed by atoms with Gasteiger partial charge in [0.2, 0.25) is 5.91 Å². The molecule has 4 aromatic rings. The van der Waals surface area contributed by atoms with Crippen molar-refractivity contribution in [1.29, 1.82) is 5.26 Å². The highest BCUT2D eigenvalue weighted by Crippen LogP contribution is 2.42. The van der Waals surface area contributed by atoms with Crippen LogP contribution in [0.15, 0.2) is 60.9 Å². The first-order valence-electron chi connectivity index (χ1n) is 11.7. The highest BCUT2D eigenvalue weighted by Gasteiger charge is 2.25. The summed E-state index contributed by atoms with van der Waals surface area (Å²) in [6.07, 6.45) is 5.76. The quantitative estimate of drug-likeness (QED) is 0.416. The van der Waals surface area contributed by atoms with Crippen molar-refractivity contribution in [3.05, 3.63) is 72.1 Å². The first-order chi connectivity index (χ1) is 17.2. The number of hydrogen-bond acceptors (Lipinski definition) is 7. The van der Waals surface area contributed by atoms with Gasteiger partial charge in [-0.2, -0.15) is 5.26 Å². The molecule has 0 radical (unpaired) electrons. The fourth-order valence-corrected chi connectivity index (χ4v) is 4.50. The minimum absolute atomic E-state index is 0. The van der Waals surface area contributed by atoms with Crippen LogP contribution in [-0.4, -0.2) is 40.5 Å². The molecule has 2 fully saturated rings. The Morgan fingerprint density at radius 1 is 1.03 bits per heavy atom. The van der Waals surface area contributed by atoms with E-state index in [1.54, 1.807) is 24.5 Å². The molecule has 2 N–H and O–H groups in total. The minimum Gasteiger partial charge on any atom is -0.353 e. The molecule has 9 heteroatoms. The van der Waals surface area contributed by atoms with Gasteiger partial charge in [0.1, 0.15) is 17.5 Å². The Bertz CT molecular complexity index is 1500. The zero-order valence-corrected chi connectivity index (χ0v) is 20.3. The van der Waals surface area contributed by atoms with Crippen LogP contribution in [-0.2, 0) is 4.79 Å². The Hall–Kier alpha value is -4.22. The van der Waals surface area contributed by atoms with E-state index in [0.29, 0.717) is 36.2 Å². The van der Waals surface area contributed by atoms with Gasteiger partial charge in [0, 0.05) is 36.4 Å². The maximum atomic E-state index is 12.0. The van der Waals surface area contributed by atoms with Gasteiger partial charge in [-0.3, -0.25) is 4.79 Å². The van der Waals surface area contributed by atoms with Gasteiger partial charge in [-0.05, 0) is 66.1 Å². The number of amides is 1. The lowest BCUT2D eigenvalue weighted by Gasteiger charge is -2.28. The fraction of sp³-hybridized carbons (Fsp3) is 0.222. The van der Waals surface area contributed by atoms with Crippen molar-refractivity contribution >= 4 is 46.5 Å². The molecule has 0 spiro atoms. The van der Waals surface area contributed by atoms with Gasteiger partial charge in [0.05, 0.1) is 23.9 Å². The summed E-state index contributed by atoms with van der Waals surface area (Å²) >= 11 is 0. The summed E-state index contributed by atoms with van der Waals surface area (Å²) in [5.41, 5.74) is 3.63. The van der Waals surface area contributed by atoms with Crippen molar-refractivity contribution in [2.75, 3.05) is 29.9 Å². The molecular weight excluding hydrogens is 474 g/mol. The predicted molar refractivity (Wildman–Crippen MR) is 142 cm³/mol. The molecule has 36 heavy (non-hydrogen) atoms. The standard InChI is InChI=1S/C27H23N7O.ClH/c28-15-17-5-7-29-24(11-17)33-25-14-21(18-1-2-18)13-23(32-25)20-4-3-19-6-8-31-27(22(19)12-20)34-10-9-30-26(35)16-34;/h3-8,11-14,18H,1-2,9-10,16H2,(H,30,35)(H,29,32,33);1H. The molecule has 1 aliphatic carbocycles. The number of hydrogen-bond donors (Lipinski definition) is 2. The van der Waals surface area contributed by atoms with Gasteiger partial charge in [0.25, 0.3) is 0 Å². The van der Waals surface area contributed by atoms with Crippen LogP contribution in [0.4, 0.5) is 17.5 Å². The number of fused-ring (bicyclic) bond motifs is 1. The third-order valence-corrected chi connectivity index (χ3v) is 6.42. The van der Waals surface area contributed by atoms with E-state index >= 15 is 0 Å². The Kier molecular flexibility index (Phi) is 6.40. The number of piperazine rings is 1. The summed E-state index contributed by atoms with van der Waals surface area (Å²) in [5, 5.41) is 17.4. The van der Waals surface area contributed by atoms with Gasteiger partial charge in [-0.1, -0.05) is 12.1 Å². The van der Waals surface area contributed by atoms with Gasteiger partial charge in [-0.25, -0.2) is 15.0 Å². The highest BCUT2D eigenvalue weighted by atomic mass is 35.5. The number of nitrogens with zero attached hydrogens (tertiary/aromatic N) is 5. The summed E-state index contributed by atoms with van der Waals surface area (Å²) in [5.74, 6) is 2.65. The predicted octanol–water partition coefficient (Wildman–Crippen LogP) is 4.54. The van der Waals surface area contributed by atoms with Crippen LogP contribution >= 0.6 is 12.4 Å². The smallest absolute Gasteiger partial charge is 0.239 e. The number of pyridine rings is 3. The van der Waals surface area contributed by atoms with E-state index in [2.05, 4.69) is 57.0 Å². The molecule has 2 aliphatic rings. The number of nitrogens with one attached hydrogen (secondary N) is 2. The molecular formula is C27H24ClN7O. The highest BCUT2D eigenvalue weighted by molar-refractivity contribution is 5.96. The maximum absolute atomic E-state index is 12.0. The average Bonchev–Trinajstić information content (AvgIpc) is 3.74.